The summed E-state index contributed by atoms with van der Waals surface area (Å²) in [6.07, 6.45) is 1.24. The molecule has 376 valence electrons. The Hall–Kier alpha value is -5.80. The molecular formula is C53H74N6O10. The van der Waals surface area contributed by atoms with Gasteiger partial charge >= 0.3 is 11.9 Å². The minimum Gasteiger partial charge on any atom is -0.452 e. The molecule has 4 saturated heterocycles. The Balaban J connectivity index is 1.40. The van der Waals surface area contributed by atoms with E-state index in [4.69, 9.17) is 9.47 Å². The van der Waals surface area contributed by atoms with Crippen molar-refractivity contribution >= 4 is 47.4 Å². The van der Waals surface area contributed by atoms with Gasteiger partial charge in [0.1, 0.15) is 30.2 Å². The second-order valence-electron chi connectivity index (χ2n) is 20.3. The van der Waals surface area contributed by atoms with Crippen molar-refractivity contribution in [3.8, 4) is 0 Å². The van der Waals surface area contributed by atoms with Crippen LogP contribution in [0.1, 0.15) is 111 Å². The lowest BCUT2D eigenvalue weighted by Crippen LogP contribution is -2.60. The van der Waals surface area contributed by atoms with Crippen LogP contribution >= 0.6 is 0 Å². The highest BCUT2D eigenvalue weighted by atomic mass is 16.6. The number of ether oxygens (including phenoxy) is 2. The highest BCUT2D eigenvalue weighted by molar-refractivity contribution is 5.97. The van der Waals surface area contributed by atoms with Crippen molar-refractivity contribution < 1.29 is 47.8 Å². The number of nitrogens with zero attached hydrogens (tertiary/aromatic N) is 4. The molecule has 0 saturated carbocycles. The summed E-state index contributed by atoms with van der Waals surface area (Å²) in [6.45, 7) is 13.2. The lowest BCUT2D eigenvalue weighted by atomic mass is 9.92. The lowest BCUT2D eigenvalue weighted by Gasteiger charge is -2.38. The number of hydrogen-bond acceptors (Lipinski definition) is 10. The number of amides is 6. The largest absolute Gasteiger partial charge is 0.452 e. The fourth-order valence-corrected chi connectivity index (χ4v) is 10.6. The molecule has 0 spiro atoms. The molecule has 4 fully saturated rings. The van der Waals surface area contributed by atoms with Gasteiger partial charge in [-0.2, -0.15) is 0 Å². The predicted molar refractivity (Wildman–Crippen MR) is 258 cm³/mol. The molecule has 10 atom stereocenters. The molecule has 4 heterocycles. The monoisotopic (exact) mass is 955 g/mol. The average Bonchev–Trinajstić information content (AvgIpc) is 4.14. The molecule has 0 bridgehead atoms. The summed E-state index contributed by atoms with van der Waals surface area (Å²) in [5, 5.41) is 6.13. The van der Waals surface area contributed by atoms with E-state index in [0.29, 0.717) is 51.4 Å². The summed E-state index contributed by atoms with van der Waals surface area (Å²) >= 11 is 0. The maximum Gasteiger partial charge on any atom is 0.329 e. The van der Waals surface area contributed by atoms with Gasteiger partial charge in [0, 0.05) is 39.1 Å². The molecule has 4 aliphatic rings. The van der Waals surface area contributed by atoms with Crippen LogP contribution in [0.5, 0.6) is 0 Å². The molecule has 2 N–H and O–H groups in total. The van der Waals surface area contributed by atoms with E-state index < -0.39 is 120 Å². The highest BCUT2D eigenvalue weighted by Gasteiger charge is 2.47. The van der Waals surface area contributed by atoms with Crippen LogP contribution in [-0.4, -0.2) is 142 Å². The van der Waals surface area contributed by atoms with Gasteiger partial charge in [-0.05, 0) is 87.2 Å². The second kappa shape index (κ2) is 23.7. The molecule has 6 amide bonds. The van der Waals surface area contributed by atoms with E-state index in [9.17, 15) is 38.4 Å². The molecule has 2 aromatic carbocycles. The molecule has 16 heteroatoms. The van der Waals surface area contributed by atoms with E-state index in [-0.39, 0.29) is 32.5 Å². The van der Waals surface area contributed by atoms with Crippen molar-refractivity contribution in [2.24, 2.45) is 23.7 Å². The van der Waals surface area contributed by atoms with Gasteiger partial charge in [0.2, 0.25) is 23.6 Å². The SMILES string of the molecule is CCC[C@H]1NC(=O)[C@H]2CCCN2C(=O)[C@@H]([C@@H](C)Cc2ccccc2)NC(=O)[C@H]2CCCN2C(=O)[C@H](C(C)C)N(C)C(=O)[C@@H](C(C)C)OC(=O)[C@H]2CCCN2C(=O)[C@@H](Cc2ccccc2)OC(=O)[C@H]1C. The molecular weight excluding hydrogens is 881 g/mol. The van der Waals surface area contributed by atoms with Crippen LogP contribution in [0.25, 0.3) is 0 Å². The van der Waals surface area contributed by atoms with E-state index in [0.717, 1.165) is 11.1 Å². The van der Waals surface area contributed by atoms with Gasteiger partial charge in [-0.3, -0.25) is 33.6 Å². The third-order valence-electron chi connectivity index (χ3n) is 14.5. The number of carbonyl (C=O) groups excluding carboxylic acids is 8. The third-order valence-corrected chi connectivity index (χ3v) is 14.5. The Kier molecular flexibility index (Phi) is 18.0. The summed E-state index contributed by atoms with van der Waals surface area (Å²) in [7, 11) is 1.49. The number of rotatable bonds is 9. The number of benzene rings is 2. The Labute approximate surface area is 407 Å². The topological polar surface area (TPSA) is 192 Å². The third kappa shape index (κ3) is 12.3. The first kappa shape index (κ1) is 52.6. The molecule has 6 rings (SSSR count). The predicted octanol–water partition coefficient (Wildman–Crippen LogP) is 4.46. The molecule has 0 aromatic heterocycles. The molecule has 0 unspecified atom stereocenters. The van der Waals surface area contributed by atoms with Crippen molar-refractivity contribution in [3.05, 3.63) is 71.8 Å². The minimum atomic E-state index is -1.34. The number of likely N-dealkylation sites (N-methyl/N-ethyl adjacent to an activating group) is 1. The van der Waals surface area contributed by atoms with Crippen molar-refractivity contribution in [3.63, 3.8) is 0 Å². The van der Waals surface area contributed by atoms with Crippen molar-refractivity contribution in [2.75, 3.05) is 26.7 Å². The van der Waals surface area contributed by atoms with Gasteiger partial charge in [0.05, 0.1) is 5.92 Å². The molecule has 0 aliphatic carbocycles. The van der Waals surface area contributed by atoms with E-state index >= 15 is 0 Å². The van der Waals surface area contributed by atoms with Gasteiger partial charge < -0.3 is 39.7 Å². The fourth-order valence-electron chi connectivity index (χ4n) is 10.6. The minimum absolute atomic E-state index is 0.0150. The first-order valence-corrected chi connectivity index (χ1v) is 25.2. The van der Waals surface area contributed by atoms with Crippen molar-refractivity contribution in [1.82, 2.24) is 30.2 Å². The van der Waals surface area contributed by atoms with Gasteiger partial charge in [-0.1, -0.05) is 109 Å². The normalized spacial score (nSPS) is 28.9. The Bertz CT molecular complexity index is 2150. The second-order valence-corrected chi connectivity index (χ2v) is 20.3. The molecule has 16 nitrogen and oxygen atoms in total. The van der Waals surface area contributed by atoms with Crippen LogP contribution in [0, 0.1) is 23.7 Å². The zero-order valence-electron chi connectivity index (χ0n) is 41.8. The van der Waals surface area contributed by atoms with Crippen LogP contribution in [0.4, 0.5) is 0 Å². The van der Waals surface area contributed by atoms with Crippen LogP contribution < -0.4 is 10.6 Å². The highest BCUT2D eigenvalue weighted by Crippen LogP contribution is 2.29. The molecule has 0 radical (unpaired) electrons. The Morgan fingerprint density at radius 2 is 1.13 bits per heavy atom. The number of cyclic esters (lactones) is 2. The first-order valence-electron chi connectivity index (χ1n) is 25.2. The first-order chi connectivity index (χ1) is 32.9. The van der Waals surface area contributed by atoms with Crippen LogP contribution in [0.15, 0.2) is 60.7 Å². The summed E-state index contributed by atoms with van der Waals surface area (Å²) in [5.41, 5.74) is 1.67. The average molecular weight is 955 g/mol. The quantitative estimate of drug-likeness (QED) is 0.340. The maximum atomic E-state index is 15.0. The van der Waals surface area contributed by atoms with Gasteiger partial charge in [0.25, 0.3) is 11.8 Å². The smallest absolute Gasteiger partial charge is 0.329 e. The standard InChI is InChI=1S/C53H74N6O10/c1-9-19-38-35(7)52(66)68-42(31-37-22-14-11-15-23-37)48(62)59-29-18-26-41(59)53(67)69-45(33(4)5)51(65)56(8)44(32(2)3)50(64)58-28-17-25-40(58)47(61)55-43(34(6)30-36-20-12-10-13-21-36)49(63)57-27-16-24-39(57)46(60)54-38/h10-15,20-23,32-35,38-45H,9,16-19,24-31H2,1-8H3,(H,54,60)(H,55,61)/t34-,35-,38+,39+,40+,41+,42+,43+,44-,45+/m0/s1. The van der Waals surface area contributed by atoms with Crippen LogP contribution in [-0.2, 0) is 60.7 Å². The number of nitrogens with one attached hydrogen (secondary N) is 2. The number of hydrogen-bond donors (Lipinski definition) is 2. The van der Waals surface area contributed by atoms with Crippen molar-refractivity contribution in [1.29, 1.82) is 0 Å². The lowest BCUT2D eigenvalue weighted by molar-refractivity contribution is -0.173. The van der Waals surface area contributed by atoms with E-state index in [2.05, 4.69) is 10.6 Å². The molecule has 4 aliphatic heterocycles. The van der Waals surface area contributed by atoms with E-state index in [1.165, 1.54) is 26.6 Å². The number of fused-ring (bicyclic) bond motifs is 3. The summed E-state index contributed by atoms with van der Waals surface area (Å²) in [5.74, 6) is -6.82. The zero-order valence-corrected chi connectivity index (χ0v) is 41.8. The van der Waals surface area contributed by atoms with Gasteiger partial charge in [-0.15, -0.1) is 0 Å². The summed E-state index contributed by atoms with van der Waals surface area (Å²) in [6, 6.07) is 12.9. The maximum absolute atomic E-state index is 15.0. The Morgan fingerprint density at radius 3 is 1.68 bits per heavy atom. The summed E-state index contributed by atoms with van der Waals surface area (Å²) in [4.78, 5) is 122. The fraction of sp³-hybridized carbons (Fsp3) is 0.623. The summed E-state index contributed by atoms with van der Waals surface area (Å²) < 4.78 is 12.2. The number of carbonyl (C=O) groups is 8. The van der Waals surface area contributed by atoms with Gasteiger partial charge in [-0.25, -0.2) is 4.79 Å². The van der Waals surface area contributed by atoms with E-state index in [1.54, 1.807) is 34.6 Å². The molecule has 69 heavy (non-hydrogen) atoms. The van der Waals surface area contributed by atoms with Gasteiger partial charge in [0.15, 0.2) is 12.2 Å². The number of esters is 2. The Morgan fingerprint density at radius 1 is 0.609 bits per heavy atom. The van der Waals surface area contributed by atoms with Crippen molar-refractivity contribution in [2.45, 2.75) is 161 Å². The van der Waals surface area contributed by atoms with Crippen LogP contribution in [0.2, 0.25) is 0 Å². The zero-order chi connectivity index (χ0) is 50.1. The molecule has 2 aromatic rings. The van der Waals surface area contributed by atoms with Crippen LogP contribution in [0.3, 0.4) is 0 Å². The van der Waals surface area contributed by atoms with E-state index in [1.807, 2.05) is 74.5 Å².